The summed E-state index contributed by atoms with van der Waals surface area (Å²) in [5, 5.41) is 3.13. The lowest BCUT2D eigenvalue weighted by Gasteiger charge is -2.14. The topological polar surface area (TPSA) is 93.7 Å². The van der Waals surface area contributed by atoms with Gasteiger partial charge in [-0.05, 0) is 79.6 Å². The van der Waals surface area contributed by atoms with Gasteiger partial charge in [-0.1, -0.05) is 17.7 Å². The highest BCUT2D eigenvalue weighted by Crippen LogP contribution is 2.29. The van der Waals surface area contributed by atoms with Crippen LogP contribution in [0, 0.1) is 13.8 Å². The Morgan fingerprint density at radius 2 is 1.62 bits per heavy atom. The molecule has 0 aromatic heterocycles. The summed E-state index contributed by atoms with van der Waals surface area (Å²) in [6, 6.07) is 16.1. The summed E-state index contributed by atoms with van der Waals surface area (Å²) in [6.07, 6.45) is 0. The zero-order chi connectivity index (χ0) is 23.3. The van der Waals surface area contributed by atoms with Gasteiger partial charge in [0.15, 0.2) is 6.61 Å². The van der Waals surface area contributed by atoms with Gasteiger partial charge in [0.2, 0.25) is 0 Å². The Bertz CT molecular complexity index is 1230. The SMILES string of the molecule is COc1ccc(NC(=O)COc2ccc(C)c(C)c2)cc1S(=O)(=O)Nc1ccc(Cl)cc1. The summed E-state index contributed by atoms with van der Waals surface area (Å²) in [5.74, 6) is 0.284. The van der Waals surface area contributed by atoms with Gasteiger partial charge < -0.3 is 14.8 Å². The summed E-state index contributed by atoms with van der Waals surface area (Å²) in [7, 11) is -2.62. The standard InChI is InChI=1S/C23H23ClN2O5S/c1-15-4-10-20(12-16(15)2)31-14-23(27)25-19-9-11-21(30-3)22(13-19)32(28,29)26-18-7-5-17(24)6-8-18/h4-13,26H,14H2,1-3H3,(H,25,27). The highest BCUT2D eigenvalue weighted by molar-refractivity contribution is 7.92. The van der Waals surface area contributed by atoms with Crippen molar-refractivity contribution in [2.24, 2.45) is 0 Å². The number of hydrogen-bond donors (Lipinski definition) is 2. The van der Waals surface area contributed by atoms with Crippen LogP contribution in [0.25, 0.3) is 0 Å². The van der Waals surface area contributed by atoms with Crippen LogP contribution < -0.4 is 19.5 Å². The van der Waals surface area contributed by atoms with E-state index in [1.807, 2.05) is 26.0 Å². The van der Waals surface area contributed by atoms with Crippen LogP contribution in [0.2, 0.25) is 5.02 Å². The van der Waals surface area contributed by atoms with Gasteiger partial charge in [0, 0.05) is 16.4 Å². The van der Waals surface area contributed by atoms with Crippen molar-refractivity contribution >= 4 is 38.9 Å². The summed E-state index contributed by atoms with van der Waals surface area (Å²) in [6.45, 7) is 3.72. The van der Waals surface area contributed by atoms with Crippen molar-refractivity contribution in [3.05, 3.63) is 76.8 Å². The van der Waals surface area contributed by atoms with Crippen LogP contribution in [-0.4, -0.2) is 28.0 Å². The molecule has 0 radical (unpaired) electrons. The lowest BCUT2D eigenvalue weighted by molar-refractivity contribution is -0.118. The molecule has 0 fully saturated rings. The number of sulfonamides is 1. The number of halogens is 1. The Kier molecular flexibility index (Phi) is 7.27. The number of aryl methyl sites for hydroxylation is 2. The van der Waals surface area contributed by atoms with Crippen LogP contribution in [0.1, 0.15) is 11.1 Å². The van der Waals surface area contributed by atoms with E-state index in [0.717, 1.165) is 11.1 Å². The maximum absolute atomic E-state index is 12.9. The van der Waals surface area contributed by atoms with Gasteiger partial charge in [-0.3, -0.25) is 9.52 Å². The van der Waals surface area contributed by atoms with Gasteiger partial charge >= 0.3 is 0 Å². The Morgan fingerprint density at radius 3 is 2.28 bits per heavy atom. The fourth-order valence-corrected chi connectivity index (χ4v) is 4.22. The summed E-state index contributed by atoms with van der Waals surface area (Å²) in [5.41, 5.74) is 2.81. The van der Waals surface area contributed by atoms with Crippen LogP contribution in [0.4, 0.5) is 11.4 Å². The Hall–Kier alpha value is -3.23. The third kappa shape index (κ3) is 5.93. The molecule has 168 valence electrons. The molecule has 1 amide bonds. The third-order valence-corrected chi connectivity index (χ3v) is 6.34. The number of carbonyl (C=O) groups is 1. The number of hydrogen-bond acceptors (Lipinski definition) is 5. The largest absolute Gasteiger partial charge is 0.495 e. The van der Waals surface area contributed by atoms with E-state index in [2.05, 4.69) is 10.0 Å². The maximum Gasteiger partial charge on any atom is 0.265 e. The molecule has 0 aliphatic heterocycles. The lowest BCUT2D eigenvalue weighted by Crippen LogP contribution is -2.21. The molecule has 3 aromatic carbocycles. The average Bonchev–Trinajstić information content (AvgIpc) is 2.76. The second-order valence-electron chi connectivity index (χ2n) is 7.06. The highest BCUT2D eigenvalue weighted by atomic mass is 35.5. The molecule has 0 saturated carbocycles. The quantitative estimate of drug-likeness (QED) is 0.490. The normalized spacial score (nSPS) is 11.0. The number of anilines is 2. The lowest BCUT2D eigenvalue weighted by atomic mass is 10.1. The van der Waals surface area contributed by atoms with Gasteiger partial charge in [0.1, 0.15) is 16.4 Å². The molecular formula is C23H23ClN2O5S. The number of rotatable bonds is 8. The second kappa shape index (κ2) is 9.93. The van der Waals surface area contributed by atoms with Crippen molar-refractivity contribution < 1.29 is 22.7 Å². The Labute approximate surface area is 192 Å². The van der Waals surface area contributed by atoms with Crippen LogP contribution in [0.15, 0.2) is 65.6 Å². The summed E-state index contributed by atoms with van der Waals surface area (Å²) >= 11 is 5.85. The molecule has 0 unspecified atom stereocenters. The average molecular weight is 475 g/mol. The number of nitrogens with one attached hydrogen (secondary N) is 2. The molecular weight excluding hydrogens is 452 g/mol. The first-order chi connectivity index (χ1) is 15.2. The fraction of sp³-hybridized carbons (Fsp3) is 0.174. The number of methoxy groups -OCH3 is 1. The number of benzene rings is 3. The Morgan fingerprint density at radius 1 is 0.938 bits per heavy atom. The van der Waals surface area contributed by atoms with E-state index in [4.69, 9.17) is 21.1 Å². The van der Waals surface area contributed by atoms with Gasteiger partial charge in [0.25, 0.3) is 15.9 Å². The maximum atomic E-state index is 12.9. The fourth-order valence-electron chi connectivity index (χ4n) is 2.84. The van der Waals surface area contributed by atoms with Crippen molar-refractivity contribution in [2.45, 2.75) is 18.7 Å². The first-order valence-electron chi connectivity index (χ1n) is 9.64. The van der Waals surface area contributed by atoms with Crippen LogP contribution >= 0.6 is 11.6 Å². The van der Waals surface area contributed by atoms with E-state index in [9.17, 15) is 13.2 Å². The molecule has 9 heteroatoms. The van der Waals surface area contributed by atoms with E-state index in [1.54, 1.807) is 36.4 Å². The van der Waals surface area contributed by atoms with Crippen molar-refractivity contribution in [3.8, 4) is 11.5 Å². The first kappa shape index (κ1) is 23.4. The van der Waals surface area contributed by atoms with E-state index in [1.165, 1.54) is 19.2 Å². The molecule has 0 aliphatic carbocycles. The number of carbonyl (C=O) groups excluding carboxylic acids is 1. The van der Waals surface area contributed by atoms with Gasteiger partial charge in [0.05, 0.1) is 7.11 Å². The van der Waals surface area contributed by atoms with Gasteiger partial charge in [-0.2, -0.15) is 0 Å². The molecule has 2 N–H and O–H groups in total. The van der Waals surface area contributed by atoms with E-state index in [0.29, 0.717) is 16.5 Å². The van der Waals surface area contributed by atoms with Gasteiger partial charge in [-0.15, -0.1) is 0 Å². The monoisotopic (exact) mass is 474 g/mol. The predicted molar refractivity (Wildman–Crippen MR) is 125 cm³/mol. The van der Waals surface area contributed by atoms with E-state index < -0.39 is 15.9 Å². The summed E-state index contributed by atoms with van der Waals surface area (Å²) in [4.78, 5) is 12.2. The highest BCUT2D eigenvalue weighted by Gasteiger charge is 2.21. The molecule has 7 nitrogen and oxygen atoms in total. The minimum Gasteiger partial charge on any atom is -0.495 e. The van der Waals surface area contributed by atoms with Crippen LogP contribution in [0.3, 0.4) is 0 Å². The van der Waals surface area contributed by atoms with Crippen molar-refractivity contribution in [3.63, 3.8) is 0 Å². The van der Waals surface area contributed by atoms with Crippen LogP contribution in [0.5, 0.6) is 11.5 Å². The molecule has 0 spiro atoms. The zero-order valence-electron chi connectivity index (χ0n) is 17.8. The molecule has 0 atom stereocenters. The van der Waals surface area contributed by atoms with Crippen molar-refractivity contribution in [1.29, 1.82) is 0 Å². The minimum absolute atomic E-state index is 0.122. The molecule has 0 bridgehead atoms. The van der Waals surface area contributed by atoms with Crippen molar-refractivity contribution in [2.75, 3.05) is 23.8 Å². The molecule has 32 heavy (non-hydrogen) atoms. The molecule has 0 aliphatic rings. The number of amides is 1. The predicted octanol–water partition coefficient (Wildman–Crippen LogP) is 4.78. The van der Waals surface area contributed by atoms with E-state index in [-0.39, 0.29) is 22.9 Å². The molecule has 0 saturated heterocycles. The molecule has 3 rings (SSSR count). The third-order valence-electron chi connectivity index (χ3n) is 4.68. The summed E-state index contributed by atoms with van der Waals surface area (Å²) < 4.78 is 39.0. The second-order valence-corrected chi connectivity index (χ2v) is 9.15. The van der Waals surface area contributed by atoms with Gasteiger partial charge in [-0.25, -0.2) is 8.42 Å². The first-order valence-corrected chi connectivity index (χ1v) is 11.5. The van der Waals surface area contributed by atoms with Crippen LogP contribution in [-0.2, 0) is 14.8 Å². The minimum atomic E-state index is -3.99. The van der Waals surface area contributed by atoms with Crippen molar-refractivity contribution in [1.82, 2.24) is 0 Å². The Balaban J connectivity index is 1.73. The molecule has 3 aromatic rings. The molecule has 0 heterocycles. The zero-order valence-corrected chi connectivity index (χ0v) is 19.4. The number of ether oxygens (including phenoxy) is 2. The van der Waals surface area contributed by atoms with E-state index >= 15 is 0 Å². The smallest absolute Gasteiger partial charge is 0.265 e.